The molecule has 1 aliphatic heterocycles. The first kappa shape index (κ1) is 11.8. The zero-order valence-electron chi connectivity index (χ0n) is 8.84. The van der Waals surface area contributed by atoms with Crippen LogP contribution in [0.1, 0.15) is 16.9 Å². The number of carbonyl (C=O) groups excluding carboxylic acids is 1. The molecule has 7 heteroatoms. The molecule has 0 spiro atoms. The second kappa shape index (κ2) is 4.67. The average molecular weight is 256 g/mol. The number of aromatic nitrogens is 2. The van der Waals surface area contributed by atoms with E-state index in [1.165, 1.54) is 17.3 Å². The molecule has 1 aromatic rings. The Morgan fingerprint density at radius 1 is 1.53 bits per heavy atom. The monoisotopic (exact) mass is 255 g/mol. The summed E-state index contributed by atoms with van der Waals surface area (Å²) in [6.07, 6.45) is 2.97. The third kappa shape index (κ3) is 2.21. The fourth-order valence-corrected chi connectivity index (χ4v) is 1.98. The highest BCUT2D eigenvalue weighted by molar-refractivity contribution is 6.18. The molecule has 17 heavy (non-hydrogen) atoms. The van der Waals surface area contributed by atoms with E-state index in [0.717, 1.165) is 0 Å². The predicted octanol–water partition coefficient (Wildman–Crippen LogP) is 0.766. The zero-order chi connectivity index (χ0) is 12.4. The first-order valence-corrected chi connectivity index (χ1v) is 5.57. The lowest BCUT2D eigenvalue weighted by molar-refractivity contribution is -0.117. The van der Waals surface area contributed by atoms with E-state index in [4.69, 9.17) is 16.7 Å². The highest BCUT2D eigenvalue weighted by atomic mass is 35.5. The van der Waals surface area contributed by atoms with Gasteiger partial charge in [-0.3, -0.25) is 9.69 Å². The minimum Gasteiger partial charge on any atom is -0.476 e. The van der Waals surface area contributed by atoms with Gasteiger partial charge in [-0.1, -0.05) is 0 Å². The number of carboxylic acids is 1. The third-order valence-electron chi connectivity index (χ3n) is 2.56. The van der Waals surface area contributed by atoms with E-state index in [1.807, 2.05) is 0 Å². The van der Waals surface area contributed by atoms with Crippen LogP contribution in [0.2, 0.25) is 0 Å². The number of carboxylic acid groups (broad SMARTS) is 1. The van der Waals surface area contributed by atoms with Crippen LogP contribution in [0.15, 0.2) is 12.4 Å². The lowest BCUT2D eigenvalue weighted by Gasteiger charge is -2.16. The van der Waals surface area contributed by atoms with Gasteiger partial charge in [0, 0.05) is 31.2 Å². The van der Waals surface area contributed by atoms with E-state index in [1.54, 1.807) is 0 Å². The largest absolute Gasteiger partial charge is 0.476 e. The summed E-state index contributed by atoms with van der Waals surface area (Å²) in [7, 11) is 0. The number of rotatable bonds is 3. The minimum absolute atomic E-state index is 0.0350. The van der Waals surface area contributed by atoms with Crippen molar-refractivity contribution in [1.29, 1.82) is 0 Å². The number of aromatic carboxylic acids is 1. The maximum atomic E-state index is 11.7. The number of hydrogen-bond acceptors (Lipinski definition) is 4. The van der Waals surface area contributed by atoms with Gasteiger partial charge in [0.2, 0.25) is 5.91 Å². The van der Waals surface area contributed by atoms with E-state index in [0.29, 0.717) is 18.8 Å². The Morgan fingerprint density at radius 3 is 2.82 bits per heavy atom. The van der Waals surface area contributed by atoms with Crippen molar-refractivity contribution < 1.29 is 14.7 Å². The first-order chi connectivity index (χ1) is 8.13. The molecule has 0 bridgehead atoms. The number of amides is 1. The molecule has 6 nitrogen and oxygen atoms in total. The number of anilines is 1. The lowest BCUT2D eigenvalue weighted by Crippen LogP contribution is -2.28. The number of alkyl halides is 1. The first-order valence-electron chi connectivity index (χ1n) is 5.04. The molecule has 1 aliphatic rings. The molecule has 2 rings (SSSR count). The molecule has 1 fully saturated rings. The van der Waals surface area contributed by atoms with Gasteiger partial charge in [-0.15, -0.1) is 11.6 Å². The maximum Gasteiger partial charge on any atom is 0.358 e. The molecule has 90 valence electrons. The Labute approximate surface area is 102 Å². The van der Waals surface area contributed by atoms with Gasteiger partial charge in [-0.05, 0) is 5.92 Å². The molecule has 1 N–H and O–H groups in total. The Balaban J connectivity index is 2.35. The van der Waals surface area contributed by atoms with Crippen molar-refractivity contribution in [1.82, 2.24) is 9.97 Å². The fraction of sp³-hybridized carbons (Fsp3) is 0.400. The Hall–Kier alpha value is -1.69. The molecular formula is C10H10ClN3O3. The molecule has 0 aliphatic carbocycles. The number of carbonyl (C=O) groups is 2. The van der Waals surface area contributed by atoms with Crippen LogP contribution in [0.3, 0.4) is 0 Å². The van der Waals surface area contributed by atoms with Crippen molar-refractivity contribution in [2.24, 2.45) is 5.92 Å². The number of nitrogens with zero attached hydrogens (tertiary/aromatic N) is 3. The van der Waals surface area contributed by atoms with Gasteiger partial charge < -0.3 is 5.11 Å². The quantitative estimate of drug-likeness (QED) is 0.807. The van der Waals surface area contributed by atoms with Gasteiger partial charge in [0.05, 0.1) is 0 Å². The molecule has 1 atom stereocenters. The highest BCUT2D eigenvalue weighted by Gasteiger charge is 2.33. The summed E-state index contributed by atoms with van der Waals surface area (Å²) in [5.74, 6) is -0.871. The van der Waals surface area contributed by atoms with Crippen molar-refractivity contribution in [2.75, 3.05) is 17.3 Å². The molecule has 0 aromatic carbocycles. The normalized spacial score (nSPS) is 19.7. The van der Waals surface area contributed by atoms with E-state index >= 15 is 0 Å². The van der Waals surface area contributed by atoms with Crippen LogP contribution in [-0.2, 0) is 4.79 Å². The zero-order valence-corrected chi connectivity index (χ0v) is 9.59. The molecule has 1 amide bonds. The summed E-state index contributed by atoms with van der Waals surface area (Å²) in [5, 5.41) is 8.97. The maximum absolute atomic E-state index is 11.7. The Kier molecular flexibility index (Phi) is 3.23. The van der Waals surface area contributed by atoms with Crippen molar-refractivity contribution >= 4 is 29.3 Å². The van der Waals surface area contributed by atoms with E-state index in [-0.39, 0.29) is 23.3 Å². The van der Waals surface area contributed by atoms with Gasteiger partial charge in [0.1, 0.15) is 0 Å². The van der Waals surface area contributed by atoms with Crippen molar-refractivity contribution in [2.45, 2.75) is 6.42 Å². The van der Waals surface area contributed by atoms with Crippen LogP contribution in [0.25, 0.3) is 0 Å². The summed E-state index contributed by atoms with van der Waals surface area (Å²) in [4.78, 5) is 31.7. The van der Waals surface area contributed by atoms with Crippen LogP contribution >= 0.6 is 11.6 Å². The van der Waals surface area contributed by atoms with Gasteiger partial charge in [0.15, 0.2) is 11.5 Å². The number of hydrogen-bond donors (Lipinski definition) is 1. The van der Waals surface area contributed by atoms with Crippen LogP contribution in [-0.4, -0.2) is 39.4 Å². The smallest absolute Gasteiger partial charge is 0.358 e. The van der Waals surface area contributed by atoms with Gasteiger partial charge in [-0.2, -0.15) is 0 Å². The Morgan fingerprint density at radius 2 is 2.24 bits per heavy atom. The van der Waals surface area contributed by atoms with Gasteiger partial charge >= 0.3 is 5.97 Å². The second-order valence-corrected chi connectivity index (χ2v) is 4.07. The standard InChI is InChI=1S/C10H10ClN3O3/c11-4-6-3-7(15)14(5-6)9-8(10(16)17)12-1-2-13-9/h1-2,6H,3-5H2,(H,16,17). The van der Waals surface area contributed by atoms with Crippen LogP contribution in [0.4, 0.5) is 5.82 Å². The third-order valence-corrected chi connectivity index (χ3v) is 3.00. The SMILES string of the molecule is O=C(O)c1nccnc1N1CC(CCl)CC1=O. The van der Waals surface area contributed by atoms with E-state index in [9.17, 15) is 9.59 Å². The van der Waals surface area contributed by atoms with Crippen LogP contribution < -0.4 is 4.90 Å². The van der Waals surface area contributed by atoms with E-state index in [2.05, 4.69) is 9.97 Å². The predicted molar refractivity (Wildman–Crippen MR) is 60.2 cm³/mol. The summed E-state index contributed by atoms with van der Waals surface area (Å²) in [5.41, 5.74) is -0.212. The topological polar surface area (TPSA) is 83.4 Å². The van der Waals surface area contributed by atoms with Crippen molar-refractivity contribution in [3.8, 4) is 0 Å². The van der Waals surface area contributed by atoms with Crippen LogP contribution in [0, 0.1) is 5.92 Å². The van der Waals surface area contributed by atoms with Gasteiger partial charge in [0.25, 0.3) is 0 Å². The summed E-state index contributed by atoms with van der Waals surface area (Å²) < 4.78 is 0. The molecule has 1 aromatic heterocycles. The Bertz CT molecular complexity index is 466. The van der Waals surface area contributed by atoms with Crippen LogP contribution in [0.5, 0.6) is 0 Å². The highest BCUT2D eigenvalue weighted by Crippen LogP contribution is 2.25. The molecule has 2 heterocycles. The van der Waals surface area contributed by atoms with Crippen molar-refractivity contribution in [3.05, 3.63) is 18.1 Å². The average Bonchev–Trinajstić information content (AvgIpc) is 2.70. The summed E-state index contributed by atoms with van der Waals surface area (Å²) in [6, 6.07) is 0. The lowest BCUT2D eigenvalue weighted by atomic mass is 10.1. The van der Waals surface area contributed by atoms with Crippen molar-refractivity contribution in [3.63, 3.8) is 0 Å². The van der Waals surface area contributed by atoms with Gasteiger partial charge in [-0.25, -0.2) is 14.8 Å². The molecule has 0 radical (unpaired) electrons. The summed E-state index contributed by atoms with van der Waals surface area (Å²) >= 11 is 5.70. The second-order valence-electron chi connectivity index (χ2n) is 3.76. The summed E-state index contributed by atoms with van der Waals surface area (Å²) in [6.45, 7) is 0.390. The molecular weight excluding hydrogens is 246 g/mol. The fourth-order valence-electron chi connectivity index (χ4n) is 1.77. The molecule has 0 saturated carbocycles. The molecule has 1 saturated heterocycles. The molecule has 1 unspecified atom stereocenters. The minimum atomic E-state index is -1.20. The number of halogens is 1. The van der Waals surface area contributed by atoms with E-state index < -0.39 is 5.97 Å².